The summed E-state index contributed by atoms with van der Waals surface area (Å²) in [4.78, 5) is 25.1. The molecule has 0 saturated heterocycles. The molecular formula is C15H22N2O2. The van der Waals surface area contributed by atoms with E-state index in [0.29, 0.717) is 6.42 Å². The van der Waals surface area contributed by atoms with Crippen molar-refractivity contribution < 1.29 is 9.59 Å². The van der Waals surface area contributed by atoms with E-state index < -0.39 is 0 Å². The molecule has 0 aliphatic rings. The third kappa shape index (κ3) is 6.04. The van der Waals surface area contributed by atoms with E-state index in [-0.39, 0.29) is 23.8 Å². The van der Waals surface area contributed by atoms with Gasteiger partial charge in [-0.1, -0.05) is 39.0 Å². The van der Waals surface area contributed by atoms with Crippen LogP contribution in [0.25, 0.3) is 0 Å². The van der Waals surface area contributed by atoms with E-state index >= 15 is 0 Å². The number of carbonyl (C=O) groups excluding carboxylic acids is 2. The lowest BCUT2D eigenvalue weighted by Crippen LogP contribution is -2.36. The average molecular weight is 262 g/mol. The van der Waals surface area contributed by atoms with Gasteiger partial charge in [-0.15, -0.1) is 0 Å². The molecule has 0 radical (unpaired) electrons. The highest BCUT2D eigenvalue weighted by atomic mass is 16.2. The van der Waals surface area contributed by atoms with Crippen LogP contribution in [0.15, 0.2) is 30.3 Å². The number of amides is 2. The van der Waals surface area contributed by atoms with Crippen molar-refractivity contribution in [1.29, 1.82) is 0 Å². The number of para-hydroxylation sites is 1. The number of hydrogen-bond acceptors (Lipinski definition) is 2. The van der Waals surface area contributed by atoms with Crippen LogP contribution in [0, 0.1) is 5.41 Å². The Kier molecular flexibility index (Phi) is 5.10. The fraction of sp³-hybridized carbons (Fsp3) is 0.467. The summed E-state index contributed by atoms with van der Waals surface area (Å²) in [6.07, 6.45) is 0.433. The maximum Gasteiger partial charge on any atom is 0.243 e. The highest BCUT2D eigenvalue weighted by molar-refractivity contribution is 5.94. The minimum Gasteiger partial charge on any atom is -0.336 e. The van der Waals surface area contributed by atoms with E-state index in [9.17, 15) is 9.59 Å². The molecule has 104 valence electrons. The molecule has 1 N–H and O–H groups in total. The molecule has 1 rings (SSSR count). The highest BCUT2D eigenvalue weighted by Gasteiger charge is 2.20. The molecule has 0 aliphatic heterocycles. The molecule has 0 atom stereocenters. The third-order valence-electron chi connectivity index (χ3n) is 2.55. The molecule has 0 bridgehead atoms. The molecular weight excluding hydrogens is 240 g/mol. The van der Waals surface area contributed by atoms with E-state index in [4.69, 9.17) is 0 Å². The van der Waals surface area contributed by atoms with Crippen LogP contribution in [-0.4, -0.2) is 30.3 Å². The van der Waals surface area contributed by atoms with Crippen LogP contribution in [0.5, 0.6) is 0 Å². The molecule has 4 heteroatoms. The lowest BCUT2D eigenvalue weighted by molar-refractivity contribution is -0.134. The van der Waals surface area contributed by atoms with Gasteiger partial charge in [0.25, 0.3) is 0 Å². The molecule has 1 aromatic rings. The second kappa shape index (κ2) is 6.36. The van der Waals surface area contributed by atoms with Crippen molar-refractivity contribution in [3.8, 4) is 0 Å². The van der Waals surface area contributed by atoms with Gasteiger partial charge >= 0.3 is 0 Å². The SMILES string of the molecule is CN(CC(=O)Nc1ccccc1)C(=O)CC(C)(C)C. The van der Waals surface area contributed by atoms with Crippen molar-refractivity contribution in [2.24, 2.45) is 5.41 Å². The van der Waals surface area contributed by atoms with Crippen molar-refractivity contribution >= 4 is 17.5 Å². The topological polar surface area (TPSA) is 49.4 Å². The molecule has 0 aromatic heterocycles. The van der Waals surface area contributed by atoms with Crippen LogP contribution in [-0.2, 0) is 9.59 Å². The van der Waals surface area contributed by atoms with Crippen LogP contribution < -0.4 is 5.32 Å². The number of hydrogen-bond donors (Lipinski definition) is 1. The predicted molar refractivity (Wildman–Crippen MR) is 76.8 cm³/mol. The van der Waals surface area contributed by atoms with Crippen LogP contribution in [0.2, 0.25) is 0 Å². The molecule has 1 aromatic carbocycles. The van der Waals surface area contributed by atoms with Crippen LogP contribution in [0.4, 0.5) is 5.69 Å². The summed E-state index contributed by atoms with van der Waals surface area (Å²) >= 11 is 0. The van der Waals surface area contributed by atoms with Crippen molar-refractivity contribution in [1.82, 2.24) is 4.90 Å². The first-order valence-corrected chi connectivity index (χ1v) is 6.37. The van der Waals surface area contributed by atoms with Gasteiger partial charge in [-0.25, -0.2) is 0 Å². The minimum absolute atomic E-state index is 0.0179. The van der Waals surface area contributed by atoms with E-state index in [0.717, 1.165) is 5.69 Å². The van der Waals surface area contributed by atoms with Crippen molar-refractivity contribution in [3.05, 3.63) is 30.3 Å². The van der Waals surface area contributed by atoms with Crippen molar-refractivity contribution in [3.63, 3.8) is 0 Å². The minimum atomic E-state index is -0.184. The normalized spacial score (nSPS) is 10.9. The fourth-order valence-corrected chi connectivity index (χ4v) is 1.61. The average Bonchev–Trinajstić information content (AvgIpc) is 2.27. The van der Waals surface area contributed by atoms with Gasteiger partial charge < -0.3 is 10.2 Å². The summed E-state index contributed by atoms with van der Waals surface area (Å²) in [5, 5.41) is 2.76. The van der Waals surface area contributed by atoms with Gasteiger partial charge in [-0.05, 0) is 17.5 Å². The van der Waals surface area contributed by atoms with Crippen molar-refractivity contribution in [2.45, 2.75) is 27.2 Å². The zero-order valence-electron chi connectivity index (χ0n) is 12.1. The molecule has 4 nitrogen and oxygen atoms in total. The van der Waals surface area contributed by atoms with Crippen LogP contribution in [0.1, 0.15) is 27.2 Å². The smallest absolute Gasteiger partial charge is 0.243 e. The summed E-state index contributed by atoms with van der Waals surface area (Å²) in [5.74, 6) is -0.202. The number of likely N-dealkylation sites (N-methyl/N-ethyl adjacent to an activating group) is 1. The Morgan fingerprint density at radius 3 is 2.26 bits per heavy atom. The molecule has 2 amide bonds. The largest absolute Gasteiger partial charge is 0.336 e. The number of carbonyl (C=O) groups is 2. The molecule has 19 heavy (non-hydrogen) atoms. The zero-order valence-corrected chi connectivity index (χ0v) is 12.1. The van der Waals surface area contributed by atoms with Gasteiger partial charge in [0.2, 0.25) is 11.8 Å². The Hall–Kier alpha value is -1.84. The molecule has 0 spiro atoms. The van der Waals surface area contributed by atoms with E-state index in [1.807, 2.05) is 51.1 Å². The predicted octanol–water partition coefficient (Wildman–Crippen LogP) is 2.52. The highest BCUT2D eigenvalue weighted by Crippen LogP contribution is 2.19. The Balaban J connectivity index is 2.46. The zero-order chi connectivity index (χ0) is 14.5. The van der Waals surface area contributed by atoms with Gasteiger partial charge in [-0.3, -0.25) is 9.59 Å². The number of nitrogens with zero attached hydrogens (tertiary/aromatic N) is 1. The Morgan fingerprint density at radius 2 is 1.74 bits per heavy atom. The maximum absolute atomic E-state index is 11.9. The maximum atomic E-state index is 11.9. The fourth-order valence-electron chi connectivity index (χ4n) is 1.61. The first-order chi connectivity index (χ1) is 8.78. The summed E-state index contributed by atoms with van der Waals surface area (Å²) in [6.45, 7) is 6.08. The first-order valence-electron chi connectivity index (χ1n) is 6.37. The molecule has 0 fully saturated rings. The van der Waals surface area contributed by atoms with Crippen molar-refractivity contribution in [2.75, 3.05) is 18.9 Å². The third-order valence-corrected chi connectivity index (χ3v) is 2.55. The van der Waals surface area contributed by atoms with Gasteiger partial charge in [0.05, 0.1) is 6.54 Å². The number of nitrogens with one attached hydrogen (secondary N) is 1. The number of anilines is 1. The first kappa shape index (κ1) is 15.2. The lowest BCUT2D eigenvalue weighted by Gasteiger charge is -2.22. The quantitative estimate of drug-likeness (QED) is 0.906. The van der Waals surface area contributed by atoms with E-state index in [1.54, 1.807) is 7.05 Å². The Labute approximate surface area is 114 Å². The Morgan fingerprint density at radius 1 is 1.16 bits per heavy atom. The monoisotopic (exact) mass is 262 g/mol. The van der Waals surface area contributed by atoms with Gasteiger partial charge in [0.15, 0.2) is 0 Å². The molecule has 0 unspecified atom stereocenters. The van der Waals surface area contributed by atoms with Gasteiger partial charge in [-0.2, -0.15) is 0 Å². The summed E-state index contributed by atoms with van der Waals surface area (Å²) in [5.41, 5.74) is 0.672. The summed E-state index contributed by atoms with van der Waals surface area (Å²) < 4.78 is 0. The summed E-state index contributed by atoms with van der Waals surface area (Å²) in [7, 11) is 1.65. The molecule has 0 aliphatic carbocycles. The lowest BCUT2D eigenvalue weighted by atomic mass is 9.92. The second-order valence-corrected chi connectivity index (χ2v) is 5.90. The van der Waals surface area contributed by atoms with Gasteiger partial charge in [0, 0.05) is 19.2 Å². The number of rotatable bonds is 4. The van der Waals surface area contributed by atoms with E-state index in [2.05, 4.69) is 5.32 Å². The standard InChI is InChI=1S/C15H22N2O2/c1-15(2,3)10-14(19)17(4)11-13(18)16-12-8-6-5-7-9-12/h5-9H,10-11H2,1-4H3,(H,16,18). The summed E-state index contributed by atoms with van der Waals surface area (Å²) in [6, 6.07) is 9.21. The molecule has 0 heterocycles. The Bertz CT molecular complexity index is 435. The second-order valence-electron chi connectivity index (χ2n) is 5.90. The van der Waals surface area contributed by atoms with Crippen LogP contribution in [0.3, 0.4) is 0 Å². The van der Waals surface area contributed by atoms with E-state index in [1.165, 1.54) is 4.90 Å². The number of benzene rings is 1. The van der Waals surface area contributed by atoms with Gasteiger partial charge in [0.1, 0.15) is 0 Å². The van der Waals surface area contributed by atoms with Crippen LogP contribution >= 0.6 is 0 Å². The molecule has 0 saturated carbocycles.